The highest BCUT2D eigenvalue weighted by atomic mass is 16.5. The maximum atomic E-state index is 12.4. The molecule has 0 spiro atoms. The normalized spacial score (nSPS) is 10.2. The van der Waals surface area contributed by atoms with Gasteiger partial charge in [0.2, 0.25) is 0 Å². The number of carbonyl (C=O) groups excluding carboxylic acids is 1. The van der Waals surface area contributed by atoms with Gasteiger partial charge in [-0.15, -0.1) is 0 Å². The zero-order valence-electron chi connectivity index (χ0n) is 14.9. The van der Waals surface area contributed by atoms with Crippen molar-refractivity contribution in [1.82, 2.24) is 0 Å². The maximum absolute atomic E-state index is 12.4. The van der Waals surface area contributed by atoms with Crippen LogP contribution in [-0.2, 0) is 0 Å². The first-order valence-corrected chi connectivity index (χ1v) is 8.50. The van der Waals surface area contributed by atoms with Crippen molar-refractivity contribution in [3.05, 3.63) is 66.2 Å². The highest BCUT2D eigenvalue weighted by Crippen LogP contribution is 2.19. The Kier molecular flexibility index (Phi) is 7.08. The Balaban J connectivity index is 1.95. The summed E-state index contributed by atoms with van der Waals surface area (Å²) in [5.74, 6) is 1.30. The number of carbonyl (C=O) groups is 1. The summed E-state index contributed by atoms with van der Waals surface area (Å²) in [4.78, 5) is 12.4. The molecule has 0 atom stereocenters. The predicted molar refractivity (Wildman–Crippen MR) is 102 cm³/mol. The van der Waals surface area contributed by atoms with Gasteiger partial charge in [-0.3, -0.25) is 4.79 Å². The quantitative estimate of drug-likeness (QED) is 0.512. The van der Waals surface area contributed by atoms with Gasteiger partial charge in [0.15, 0.2) is 0 Å². The molecule has 2 rings (SSSR count). The minimum atomic E-state index is -0.169. The molecule has 0 saturated heterocycles. The summed E-state index contributed by atoms with van der Waals surface area (Å²) in [6.45, 7) is 8.98. The van der Waals surface area contributed by atoms with Crippen molar-refractivity contribution >= 4 is 11.6 Å². The highest BCUT2D eigenvalue weighted by Gasteiger charge is 2.07. The average molecular weight is 339 g/mol. The van der Waals surface area contributed by atoms with Crippen molar-refractivity contribution in [1.29, 1.82) is 0 Å². The molecule has 0 aliphatic rings. The lowest BCUT2D eigenvalue weighted by molar-refractivity contribution is 0.102. The third-order valence-electron chi connectivity index (χ3n) is 3.46. The number of nitrogens with one attached hydrogen (secondary N) is 1. The van der Waals surface area contributed by atoms with Crippen LogP contribution < -0.4 is 14.8 Å². The Hall–Kier alpha value is -2.75. The first-order valence-electron chi connectivity index (χ1n) is 8.50. The van der Waals surface area contributed by atoms with Gasteiger partial charge in [-0.25, -0.2) is 0 Å². The molecule has 0 saturated carbocycles. The molecule has 0 bridgehead atoms. The van der Waals surface area contributed by atoms with Gasteiger partial charge in [0, 0.05) is 17.3 Å². The summed E-state index contributed by atoms with van der Waals surface area (Å²) < 4.78 is 11.2. The average Bonchev–Trinajstić information content (AvgIpc) is 2.61. The Labute approximate surface area is 149 Å². The van der Waals surface area contributed by atoms with Crippen LogP contribution in [0, 0.1) is 0 Å². The van der Waals surface area contributed by atoms with Gasteiger partial charge in [0.05, 0.1) is 6.61 Å². The second-order valence-electron chi connectivity index (χ2n) is 5.95. The molecular formula is C21H25NO3. The van der Waals surface area contributed by atoms with Crippen molar-refractivity contribution in [3.8, 4) is 11.5 Å². The van der Waals surface area contributed by atoms with Gasteiger partial charge in [-0.1, -0.05) is 26.0 Å². The molecular weight excluding hydrogens is 314 g/mol. The molecule has 1 N–H and O–H groups in total. The summed E-state index contributed by atoms with van der Waals surface area (Å²) in [7, 11) is 0. The first kappa shape index (κ1) is 18.6. The van der Waals surface area contributed by atoms with Crippen LogP contribution in [0.5, 0.6) is 11.5 Å². The number of rotatable bonds is 9. The Morgan fingerprint density at radius 3 is 2.52 bits per heavy atom. The fraction of sp³-hybridized carbons (Fsp3) is 0.286. The van der Waals surface area contributed by atoms with Crippen LogP contribution in [0.3, 0.4) is 0 Å². The zero-order valence-corrected chi connectivity index (χ0v) is 14.9. The van der Waals surface area contributed by atoms with E-state index in [0.29, 0.717) is 30.2 Å². The third kappa shape index (κ3) is 6.34. The van der Waals surface area contributed by atoms with Crippen LogP contribution in [-0.4, -0.2) is 19.1 Å². The van der Waals surface area contributed by atoms with Crippen molar-refractivity contribution in [2.75, 3.05) is 18.5 Å². The number of benzene rings is 2. The van der Waals surface area contributed by atoms with E-state index in [4.69, 9.17) is 9.47 Å². The zero-order chi connectivity index (χ0) is 18.1. The number of ether oxygens (including phenoxy) is 2. The minimum Gasteiger partial charge on any atom is -0.494 e. The summed E-state index contributed by atoms with van der Waals surface area (Å²) in [5, 5.41) is 2.88. The molecule has 4 heteroatoms. The van der Waals surface area contributed by atoms with Crippen LogP contribution in [0.25, 0.3) is 0 Å². The fourth-order valence-electron chi connectivity index (χ4n) is 2.11. The second-order valence-corrected chi connectivity index (χ2v) is 5.95. The monoisotopic (exact) mass is 339 g/mol. The number of amides is 1. The van der Waals surface area contributed by atoms with Gasteiger partial charge in [-0.05, 0) is 55.3 Å². The van der Waals surface area contributed by atoms with Crippen molar-refractivity contribution in [3.63, 3.8) is 0 Å². The van der Waals surface area contributed by atoms with E-state index in [0.717, 1.165) is 24.2 Å². The number of hydrogen-bond acceptors (Lipinski definition) is 3. The van der Waals surface area contributed by atoms with E-state index in [1.165, 1.54) is 0 Å². The van der Waals surface area contributed by atoms with E-state index in [-0.39, 0.29) is 5.91 Å². The van der Waals surface area contributed by atoms with Crippen LogP contribution >= 0.6 is 0 Å². The van der Waals surface area contributed by atoms with Gasteiger partial charge < -0.3 is 14.8 Å². The van der Waals surface area contributed by atoms with Crippen LogP contribution in [0.2, 0.25) is 0 Å². The van der Waals surface area contributed by atoms with E-state index in [9.17, 15) is 4.79 Å². The van der Waals surface area contributed by atoms with Crippen LogP contribution in [0.4, 0.5) is 5.69 Å². The standard InChI is InChI=1S/C21H25NO3/c1-4-5-13-24-19-11-9-17(10-12-19)21(23)22-18-7-6-8-20(14-18)25-15-16(2)3/h6-12,14H,2,4-5,13,15H2,1,3H3,(H,22,23). The third-order valence-corrected chi connectivity index (χ3v) is 3.46. The minimum absolute atomic E-state index is 0.169. The van der Waals surface area contributed by atoms with Crippen LogP contribution in [0.1, 0.15) is 37.0 Å². The number of anilines is 1. The molecule has 4 nitrogen and oxygen atoms in total. The highest BCUT2D eigenvalue weighted by molar-refractivity contribution is 6.04. The molecule has 0 aliphatic heterocycles. The largest absolute Gasteiger partial charge is 0.494 e. The van der Waals surface area contributed by atoms with E-state index < -0.39 is 0 Å². The Bertz CT molecular complexity index is 707. The van der Waals surface area contributed by atoms with E-state index in [2.05, 4.69) is 18.8 Å². The van der Waals surface area contributed by atoms with Gasteiger partial charge in [0.1, 0.15) is 18.1 Å². The lowest BCUT2D eigenvalue weighted by Gasteiger charge is -2.10. The van der Waals surface area contributed by atoms with Gasteiger partial charge >= 0.3 is 0 Å². The number of unbranched alkanes of at least 4 members (excludes halogenated alkanes) is 1. The number of hydrogen-bond donors (Lipinski definition) is 1. The summed E-state index contributed by atoms with van der Waals surface area (Å²) in [6, 6.07) is 14.5. The van der Waals surface area contributed by atoms with Crippen molar-refractivity contribution in [2.45, 2.75) is 26.7 Å². The first-order chi connectivity index (χ1) is 12.1. The smallest absolute Gasteiger partial charge is 0.255 e. The lowest BCUT2D eigenvalue weighted by Crippen LogP contribution is -2.12. The van der Waals surface area contributed by atoms with E-state index in [1.54, 1.807) is 18.2 Å². The summed E-state index contributed by atoms with van der Waals surface area (Å²) in [5.41, 5.74) is 2.21. The topological polar surface area (TPSA) is 47.6 Å². The summed E-state index contributed by atoms with van der Waals surface area (Å²) in [6.07, 6.45) is 2.11. The van der Waals surface area contributed by atoms with Crippen molar-refractivity contribution < 1.29 is 14.3 Å². The molecule has 0 aromatic heterocycles. The maximum Gasteiger partial charge on any atom is 0.255 e. The molecule has 25 heavy (non-hydrogen) atoms. The molecule has 0 radical (unpaired) electrons. The van der Waals surface area contributed by atoms with E-state index in [1.807, 2.05) is 37.3 Å². The van der Waals surface area contributed by atoms with Crippen molar-refractivity contribution in [2.24, 2.45) is 0 Å². The van der Waals surface area contributed by atoms with Crippen LogP contribution in [0.15, 0.2) is 60.7 Å². The van der Waals surface area contributed by atoms with Gasteiger partial charge in [0.25, 0.3) is 5.91 Å². The molecule has 2 aromatic rings. The molecule has 2 aromatic carbocycles. The Morgan fingerprint density at radius 2 is 1.84 bits per heavy atom. The molecule has 0 aliphatic carbocycles. The SMILES string of the molecule is C=C(C)COc1cccc(NC(=O)c2ccc(OCCCC)cc2)c1. The molecule has 0 unspecified atom stereocenters. The Morgan fingerprint density at radius 1 is 1.08 bits per heavy atom. The van der Waals surface area contributed by atoms with Gasteiger partial charge in [-0.2, -0.15) is 0 Å². The predicted octanol–water partition coefficient (Wildman–Crippen LogP) is 5.07. The lowest BCUT2D eigenvalue weighted by atomic mass is 10.2. The molecule has 1 amide bonds. The fourth-order valence-corrected chi connectivity index (χ4v) is 2.11. The second kappa shape index (κ2) is 9.52. The van der Waals surface area contributed by atoms with E-state index >= 15 is 0 Å². The molecule has 0 heterocycles. The summed E-state index contributed by atoms with van der Waals surface area (Å²) >= 11 is 0. The molecule has 0 fully saturated rings. The molecule has 132 valence electrons.